The van der Waals surface area contributed by atoms with Gasteiger partial charge in [-0.25, -0.2) is 0 Å². The highest BCUT2D eigenvalue weighted by Gasteiger charge is 2.15. The summed E-state index contributed by atoms with van der Waals surface area (Å²) in [5, 5.41) is 0. The van der Waals surface area contributed by atoms with Gasteiger partial charge in [0.25, 0.3) is 6.21 Å². The fourth-order valence-electron chi connectivity index (χ4n) is 2.19. The summed E-state index contributed by atoms with van der Waals surface area (Å²) in [7, 11) is 0. The molecule has 0 unspecified atom stereocenters. The van der Waals surface area contributed by atoms with Crippen LogP contribution in [-0.2, 0) is 0 Å². The first-order chi connectivity index (χ1) is 10.4. The molecule has 21 heavy (non-hydrogen) atoms. The quantitative estimate of drug-likeness (QED) is 0.509. The van der Waals surface area contributed by atoms with E-state index in [-0.39, 0.29) is 0 Å². The van der Waals surface area contributed by atoms with Crippen LogP contribution in [0.4, 0.5) is 0 Å². The lowest BCUT2D eigenvalue weighted by Gasteiger charge is -1.95. The average Bonchev–Trinajstić information content (AvgIpc) is 2.58. The number of nitrogens with zero attached hydrogens (tertiary/aromatic N) is 1. The molecule has 0 aliphatic heterocycles. The van der Waals surface area contributed by atoms with E-state index >= 15 is 0 Å². The predicted octanol–water partition coefficient (Wildman–Crippen LogP) is 3.71. The van der Waals surface area contributed by atoms with Crippen LogP contribution in [0.15, 0.2) is 91.0 Å². The third-order valence-electron chi connectivity index (χ3n) is 3.24. The molecule has 0 radical (unpaired) electrons. The summed E-state index contributed by atoms with van der Waals surface area (Å²) in [4.78, 5) is 0. The smallest absolute Gasteiger partial charge is 0.0907 e. The molecule has 0 fully saturated rings. The van der Waals surface area contributed by atoms with E-state index in [4.69, 9.17) is 4.67 Å². The van der Waals surface area contributed by atoms with Crippen LogP contribution in [0.3, 0.4) is 0 Å². The molecule has 0 amide bonds. The van der Waals surface area contributed by atoms with Gasteiger partial charge in [-0.05, 0) is 36.4 Å². The van der Waals surface area contributed by atoms with E-state index in [1.807, 2.05) is 60.8 Å². The molecule has 1 heteroatoms. The first kappa shape index (κ1) is 13.1. The number of hydrogen-bond acceptors (Lipinski definition) is 0. The maximum Gasteiger partial charge on any atom is 0.341 e. The van der Waals surface area contributed by atoms with Crippen molar-refractivity contribution < 1.29 is 0 Å². The van der Waals surface area contributed by atoms with Gasteiger partial charge in [0.2, 0.25) is 0 Å². The highest BCUT2D eigenvalue weighted by atomic mass is 14.6. The van der Waals surface area contributed by atoms with Gasteiger partial charge in [-0.15, -0.1) is 0 Å². The molecule has 0 saturated carbocycles. The summed E-state index contributed by atoms with van der Waals surface area (Å²) >= 11 is 0. The lowest BCUT2D eigenvalue weighted by Crippen LogP contribution is -2.07. The van der Waals surface area contributed by atoms with Crippen LogP contribution < -0.4 is 4.67 Å². The molecule has 0 aliphatic carbocycles. The van der Waals surface area contributed by atoms with Crippen molar-refractivity contribution in [3.63, 3.8) is 0 Å². The first-order valence-electron chi connectivity index (χ1n) is 7.00. The molecule has 0 atom stereocenters. The van der Waals surface area contributed by atoms with Gasteiger partial charge in [0.15, 0.2) is 0 Å². The zero-order valence-corrected chi connectivity index (χ0v) is 11.7. The SMILES string of the molecule is C(=[N+]=C(c1ccccc1)c1ccccc1)c1ccccc1. The van der Waals surface area contributed by atoms with Gasteiger partial charge in [-0.3, -0.25) is 0 Å². The molecule has 100 valence electrons. The lowest BCUT2D eigenvalue weighted by molar-refractivity contribution is 1.52. The van der Waals surface area contributed by atoms with Crippen molar-refractivity contribution >= 4 is 11.9 Å². The topological polar surface area (TPSA) is 14.1 Å². The van der Waals surface area contributed by atoms with Crippen molar-refractivity contribution in [2.75, 3.05) is 0 Å². The van der Waals surface area contributed by atoms with E-state index in [9.17, 15) is 0 Å². The molecule has 3 rings (SSSR count). The van der Waals surface area contributed by atoms with E-state index in [1.165, 1.54) is 0 Å². The second-order valence-electron chi connectivity index (χ2n) is 4.75. The highest BCUT2D eigenvalue weighted by molar-refractivity contribution is 6.13. The summed E-state index contributed by atoms with van der Waals surface area (Å²) in [5.74, 6) is 0. The Hall–Kier alpha value is -2.89. The molecule has 3 aromatic rings. The Morgan fingerprint density at radius 1 is 0.571 bits per heavy atom. The van der Waals surface area contributed by atoms with Crippen molar-refractivity contribution in [3.05, 3.63) is 108 Å². The molecular formula is C20H16N+. The predicted molar refractivity (Wildman–Crippen MR) is 89.8 cm³/mol. The number of benzene rings is 3. The molecule has 0 aliphatic rings. The normalized spacial score (nSPS) is 9.71. The molecule has 0 spiro atoms. The first-order valence-corrected chi connectivity index (χ1v) is 7.00. The molecular weight excluding hydrogens is 254 g/mol. The Kier molecular flexibility index (Phi) is 4.07. The standard InChI is InChI=1S/C20H16N/c1-4-10-17(11-5-1)16-21-20(18-12-6-2-7-13-18)19-14-8-3-9-15-19/h1-16H/q+1. The zero-order chi connectivity index (χ0) is 14.3. The largest absolute Gasteiger partial charge is 0.341 e. The second kappa shape index (κ2) is 6.51. The monoisotopic (exact) mass is 270 g/mol. The average molecular weight is 270 g/mol. The highest BCUT2D eigenvalue weighted by Crippen LogP contribution is 2.08. The van der Waals surface area contributed by atoms with Gasteiger partial charge in [0, 0.05) is 0 Å². The minimum Gasteiger partial charge on any atom is -0.0907 e. The van der Waals surface area contributed by atoms with Gasteiger partial charge in [-0.1, -0.05) is 59.3 Å². The molecule has 0 aromatic heterocycles. The summed E-state index contributed by atoms with van der Waals surface area (Å²) in [6.45, 7) is 0. The Bertz CT molecular complexity index is 711. The summed E-state index contributed by atoms with van der Waals surface area (Å²) in [6, 6.07) is 30.7. The van der Waals surface area contributed by atoms with Gasteiger partial charge in [0.1, 0.15) is 0 Å². The minimum atomic E-state index is 0.986. The van der Waals surface area contributed by atoms with Crippen LogP contribution in [-0.4, -0.2) is 11.9 Å². The number of hydrogen-bond donors (Lipinski definition) is 0. The van der Waals surface area contributed by atoms with Crippen molar-refractivity contribution in [2.45, 2.75) is 0 Å². The maximum absolute atomic E-state index is 4.73. The van der Waals surface area contributed by atoms with Crippen LogP contribution in [0.2, 0.25) is 0 Å². The van der Waals surface area contributed by atoms with Crippen LogP contribution in [0.25, 0.3) is 0 Å². The van der Waals surface area contributed by atoms with Crippen LogP contribution >= 0.6 is 0 Å². The Morgan fingerprint density at radius 3 is 1.48 bits per heavy atom. The summed E-state index contributed by atoms with van der Waals surface area (Å²) in [6.07, 6.45) is 1.91. The third-order valence-corrected chi connectivity index (χ3v) is 3.24. The third kappa shape index (κ3) is 3.36. The number of rotatable bonds is 3. The van der Waals surface area contributed by atoms with Crippen LogP contribution in [0.1, 0.15) is 16.7 Å². The van der Waals surface area contributed by atoms with Crippen molar-refractivity contribution in [1.29, 1.82) is 0 Å². The Morgan fingerprint density at radius 2 is 1.00 bits per heavy atom. The van der Waals surface area contributed by atoms with Gasteiger partial charge >= 0.3 is 5.71 Å². The second-order valence-corrected chi connectivity index (χ2v) is 4.75. The molecule has 3 aromatic carbocycles. The van der Waals surface area contributed by atoms with Gasteiger partial charge < -0.3 is 0 Å². The van der Waals surface area contributed by atoms with E-state index in [0.29, 0.717) is 0 Å². The van der Waals surface area contributed by atoms with Gasteiger partial charge in [-0.2, -0.15) is 0 Å². The zero-order valence-electron chi connectivity index (χ0n) is 11.7. The van der Waals surface area contributed by atoms with E-state index in [1.54, 1.807) is 0 Å². The minimum absolute atomic E-state index is 0.986. The van der Waals surface area contributed by atoms with Gasteiger partial charge in [0.05, 0.1) is 16.7 Å². The van der Waals surface area contributed by atoms with E-state index in [2.05, 4.69) is 36.4 Å². The fourth-order valence-corrected chi connectivity index (χ4v) is 2.19. The van der Waals surface area contributed by atoms with Crippen LogP contribution in [0.5, 0.6) is 0 Å². The van der Waals surface area contributed by atoms with Crippen molar-refractivity contribution in [1.82, 2.24) is 4.67 Å². The van der Waals surface area contributed by atoms with Crippen molar-refractivity contribution in [2.24, 2.45) is 0 Å². The molecule has 0 bridgehead atoms. The maximum atomic E-state index is 4.73. The molecule has 0 saturated heterocycles. The Labute approximate surface area is 125 Å². The molecule has 1 nitrogen and oxygen atoms in total. The fraction of sp³-hybridized carbons (Fsp3) is 0. The summed E-state index contributed by atoms with van der Waals surface area (Å²) < 4.78 is 4.73. The summed E-state index contributed by atoms with van der Waals surface area (Å²) in [5.41, 5.74) is 4.33. The molecule has 0 heterocycles. The molecule has 0 N–H and O–H groups in total. The van der Waals surface area contributed by atoms with E-state index in [0.717, 1.165) is 22.4 Å². The van der Waals surface area contributed by atoms with Crippen LogP contribution in [0, 0.1) is 0 Å². The van der Waals surface area contributed by atoms with Crippen molar-refractivity contribution in [3.8, 4) is 0 Å². The Balaban J connectivity index is 2.11. The lowest BCUT2D eigenvalue weighted by atomic mass is 10.0. The van der Waals surface area contributed by atoms with E-state index < -0.39 is 0 Å².